The summed E-state index contributed by atoms with van der Waals surface area (Å²) in [6.45, 7) is 4.78. The number of anilines is 1. The Morgan fingerprint density at radius 1 is 1.52 bits per heavy atom. The number of thioether (sulfide) groups is 1. The van der Waals surface area contributed by atoms with Gasteiger partial charge in [-0.05, 0) is 49.8 Å². The zero-order valence-corrected chi connectivity index (χ0v) is 18.0. The first-order valence-corrected chi connectivity index (χ1v) is 11.5. The molecule has 6 nitrogen and oxygen atoms in total. The molecular formula is C21H22N4O2S2. The summed E-state index contributed by atoms with van der Waals surface area (Å²) in [6.07, 6.45) is 3.00. The van der Waals surface area contributed by atoms with E-state index in [1.54, 1.807) is 11.3 Å². The van der Waals surface area contributed by atoms with Gasteiger partial charge in [0.25, 0.3) is 0 Å². The molecule has 8 heteroatoms. The number of H-pyrrole nitrogens is 1. The summed E-state index contributed by atoms with van der Waals surface area (Å²) in [6, 6.07) is 7.98. The number of hydrogen-bond acceptors (Lipinski definition) is 6. The van der Waals surface area contributed by atoms with Crippen molar-refractivity contribution in [2.75, 3.05) is 17.7 Å². The van der Waals surface area contributed by atoms with Crippen LogP contribution in [0.15, 0.2) is 23.4 Å². The normalized spacial score (nSPS) is 15.7. The lowest BCUT2D eigenvalue weighted by Crippen LogP contribution is -2.14. The van der Waals surface area contributed by atoms with Crippen LogP contribution in [0.3, 0.4) is 0 Å². The van der Waals surface area contributed by atoms with E-state index >= 15 is 0 Å². The van der Waals surface area contributed by atoms with Gasteiger partial charge in [-0.2, -0.15) is 5.26 Å². The zero-order valence-electron chi connectivity index (χ0n) is 16.4. The van der Waals surface area contributed by atoms with Gasteiger partial charge in [-0.1, -0.05) is 18.7 Å². The largest absolute Gasteiger partial charge is 0.494 e. The lowest BCUT2D eigenvalue weighted by atomic mass is 9.89. The van der Waals surface area contributed by atoms with E-state index in [9.17, 15) is 10.1 Å². The fourth-order valence-electron chi connectivity index (χ4n) is 3.54. The number of nitriles is 1. The Labute approximate surface area is 177 Å². The third kappa shape index (κ3) is 4.26. The van der Waals surface area contributed by atoms with Crippen LogP contribution in [0.2, 0.25) is 0 Å². The third-order valence-corrected chi connectivity index (χ3v) is 7.00. The van der Waals surface area contributed by atoms with Crippen molar-refractivity contribution in [3.05, 3.63) is 34.2 Å². The van der Waals surface area contributed by atoms with E-state index in [-0.39, 0.29) is 11.7 Å². The topological polar surface area (TPSA) is 90.8 Å². The van der Waals surface area contributed by atoms with E-state index in [1.807, 2.05) is 25.1 Å². The summed E-state index contributed by atoms with van der Waals surface area (Å²) in [7, 11) is 0. The van der Waals surface area contributed by atoms with Crippen molar-refractivity contribution in [2.24, 2.45) is 5.92 Å². The minimum atomic E-state index is -0.131. The first-order valence-electron chi connectivity index (χ1n) is 9.67. The number of carbonyl (C=O) groups is 1. The van der Waals surface area contributed by atoms with Crippen molar-refractivity contribution >= 4 is 45.0 Å². The number of carbonyl (C=O) groups excluding carboxylic acids is 1. The van der Waals surface area contributed by atoms with Crippen molar-refractivity contribution in [1.82, 2.24) is 9.97 Å². The van der Waals surface area contributed by atoms with Crippen LogP contribution in [0, 0.1) is 17.2 Å². The van der Waals surface area contributed by atoms with Crippen molar-refractivity contribution in [1.29, 1.82) is 5.26 Å². The van der Waals surface area contributed by atoms with Crippen molar-refractivity contribution in [3.63, 3.8) is 0 Å². The summed E-state index contributed by atoms with van der Waals surface area (Å²) in [5.74, 6) is 1.51. The van der Waals surface area contributed by atoms with Gasteiger partial charge in [0.05, 0.1) is 29.0 Å². The van der Waals surface area contributed by atoms with Crippen LogP contribution in [0.1, 0.15) is 36.3 Å². The lowest BCUT2D eigenvalue weighted by Gasteiger charge is -2.17. The molecular weight excluding hydrogens is 404 g/mol. The predicted molar refractivity (Wildman–Crippen MR) is 117 cm³/mol. The van der Waals surface area contributed by atoms with Gasteiger partial charge in [-0.25, -0.2) is 4.98 Å². The Kier molecular flexibility index (Phi) is 5.79. The Morgan fingerprint density at radius 3 is 3.17 bits per heavy atom. The van der Waals surface area contributed by atoms with Gasteiger partial charge in [0.15, 0.2) is 5.16 Å². The molecule has 1 unspecified atom stereocenters. The predicted octanol–water partition coefficient (Wildman–Crippen LogP) is 4.75. The molecule has 1 atom stereocenters. The fourth-order valence-corrected chi connectivity index (χ4v) is 5.61. The Morgan fingerprint density at radius 2 is 2.38 bits per heavy atom. The van der Waals surface area contributed by atoms with E-state index in [0.717, 1.165) is 41.6 Å². The molecule has 0 bridgehead atoms. The second-order valence-corrected chi connectivity index (χ2v) is 9.23. The van der Waals surface area contributed by atoms with E-state index in [1.165, 1.54) is 16.6 Å². The number of aromatic amines is 1. The highest BCUT2D eigenvalue weighted by atomic mass is 32.2. The maximum Gasteiger partial charge on any atom is 0.235 e. The number of ether oxygens (including phenoxy) is 1. The molecule has 0 saturated heterocycles. The number of benzene rings is 1. The first kappa shape index (κ1) is 19.8. The average molecular weight is 427 g/mol. The van der Waals surface area contributed by atoms with Crippen LogP contribution in [-0.4, -0.2) is 28.2 Å². The second kappa shape index (κ2) is 8.47. The molecule has 2 N–H and O–H groups in total. The monoisotopic (exact) mass is 426 g/mol. The summed E-state index contributed by atoms with van der Waals surface area (Å²) in [5, 5.41) is 13.9. The van der Waals surface area contributed by atoms with Crippen LogP contribution in [0.4, 0.5) is 5.00 Å². The molecule has 0 radical (unpaired) electrons. The number of nitrogens with zero attached hydrogens (tertiary/aromatic N) is 2. The highest BCUT2D eigenvalue weighted by Crippen LogP contribution is 2.39. The molecule has 1 aliphatic carbocycles. The van der Waals surface area contributed by atoms with Gasteiger partial charge >= 0.3 is 0 Å². The molecule has 1 aliphatic rings. The van der Waals surface area contributed by atoms with Crippen LogP contribution in [-0.2, 0) is 17.6 Å². The molecule has 2 aromatic heterocycles. The zero-order chi connectivity index (χ0) is 20.4. The highest BCUT2D eigenvalue weighted by Gasteiger charge is 2.24. The second-order valence-electron chi connectivity index (χ2n) is 7.16. The molecule has 0 saturated carbocycles. The van der Waals surface area contributed by atoms with Gasteiger partial charge in [-0.15, -0.1) is 11.3 Å². The van der Waals surface area contributed by atoms with E-state index in [0.29, 0.717) is 28.2 Å². The molecule has 29 heavy (non-hydrogen) atoms. The maximum atomic E-state index is 12.5. The minimum Gasteiger partial charge on any atom is -0.494 e. The van der Waals surface area contributed by atoms with E-state index in [2.05, 4.69) is 28.3 Å². The smallest absolute Gasteiger partial charge is 0.235 e. The summed E-state index contributed by atoms with van der Waals surface area (Å²) < 4.78 is 5.51. The molecule has 4 rings (SSSR count). The molecule has 150 valence electrons. The standard InChI is InChI=1S/C21H22N4O2S2/c1-3-27-13-5-7-16-17(9-13)24-21(23-16)28-11-19(26)25-20-15(10-22)14-6-4-12(2)8-18(14)29-20/h5,7,9,12H,3-4,6,8,11H2,1-2H3,(H,23,24)(H,25,26). The van der Waals surface area contributed by atoms with Crippen molar-refractivity contribution < 1.29 is 9.53 Å². The molecule has 1 amide bonds. The number of hydrogen-bond donors (Lipinski definition) is 2. The number of rotatable bonds is 6. The number of amides is 1. The van der Waals surface area contributed by atoms with Gasteiger partial charge < -0.3 is 15.0 Å². The molecule has 1 aromatic carbocycles. The van der Waals surface area contributed by atoms with E-state index in [4.69, 9.17) is 4.74 Å². The van der Waals surface area contributed by atoms with E-state index < -0.39 is 0 Å². The molecule has 3 aromatic rings. The van der Waals surface area contributed by atoms with Crippen molar-refractivity contribution in [2.45, 2.75) is 38.3 Å². The third-order valence-electron chi connectivity index (χ3n) is 4.96. The number of imidazole rings is 1. The maximum absolute atomic E-state index is 12.5. The van der Waals surface area contributed by atoms with Crippen molar-refractivity contribution in [3.8, 4) is 11.8 Å². The number of nitrogens with one attached hydrogen (secondary N) is 2. The summed E-state index contributed by atoms with van der Waals surface area (Å²) >= 11 is 2.89. The van der Waals surface area contributed by atoms with Crippen LogP contribution in [0.25, 0.3) is 11.0 Å². The molecule has 0 aliphatic heterocycles. The van der Waals surface area contributed by atoms with Gasteiger partial charge in [-0.3, -0.25) is 4.79 Å². The van der Waals surface area contributed by atoms with Crippen LogP contribution < -0.4 is 10.1 Å². The molecule has 0 fully saturated rings. The number of aromatic nitrogens is 2. The minimum absolute atomic E-state index is 0.131. The van der Waals surface area contributed by atoms with Gasteiger partial charge in [0, 0.05) is 10.9 Å². The average Bonchev–Trinajstić information content (AvgIpc) is 3.25. The quantitative estimate of drug-likeness (QED) is 0.555. The first-order chi connectivity index (χ1) is 14.1. The highest BCUT2D eigenvalue weighted by molar-refractivity contribution is 7.99. The van der Waals surface area contributed by atoms with Crippen LogP contribution in [0.5, 0.6) is 5.75 Å². The Balaban J connectivity index is 1.42. The Hall–Kier alpha value is -2.50. The van der Waals surface area contributed by atoms with Crippen LogP contribution >= 0.6 is 23.1 Å². The summed E-state index contributed by atoms with van der Waals surface area (Å²) in [5.41, 5.74) is 3.48. The van der Waals surface area contributed by atoms with Gasteiger partial charge in [0.2, 0.25) is 5.91 Å². The number of thiophene rings is 1. The molecule has 2 heterocycles. The SMILES string of the molecule is CCOc1ccc2nc(SCC(=O)Nc3sc4c(c3C#N)CCC(C)C4)[nH]c2c1. The number of fused-ring (bicyclic) bond motifs is 2. The Bertz CT molecular complexity index is 1100. The molecule has 0 spiro atoms. The fraction of sp³-hybridized carbons (Fsp3) is 0.381. The lowest BCUT2D eigenvalue weighted by molar-refractivity contribution is -0.113. The van der Waals surface area contributed by atoms with Gasteiger partial charge in [0.1, 0.15) is 16.8 Å². The summed E-state index contributed by atoms with van der Waals surface area (Å²) in [4.78, 5) is 21.5.